The first kappa shape index (κ1) is 22.4. The number of halogens is 1. The normalized spacial score (nSPS) is 16.1. The fourth-order valence-corrected chi connectivity index (χ4v) is 3.85. The number of amides is 1. The van der Waals surface area contributed by atoms with Gasteiger partial charge in [0.15, 0.2) is 11.5 Å². The molecule has 1 saturated heterocycles. The second-order valence-electron chi connectivity index (χ2n) is 7.46. The molecule has 1 aliphatic rings. The molecule has 0 spiro atoms. The number of nitrogens with one attached hydrogen (secondary N) is 1. The van der Waals surface area contributed by atoms with Gasteiger partial charge in [0, 0.05) is 38.3 Å². The summed E-state index contributed by atoms with van der Waals surface area (Å²) < 4.78 is 10.9. The summed E-state index contributed by atoms with van der Waals surface area (Å²) in [5.74, 6) is 0.710. The summed E-state index contributed by atoms with van der Waals surface area (Å²) in [6.07, 6.45) is 0. The molecule has 7 heteroatoms. The third-order valence-corrected chi connectivity index (χ3v) is 5.60. The lowest BCUT2D eigenvalue weighted by Crippen LogP contribution is -2.47. The second-order valence-corrected chi connectivity index (χ2v) is 7.87. The molecule has 1 heterocycles. The number of carbonyl (C=O) groups excluding carboxylic acids is 1. The van der Waals surface area contributed by atoms with Crippen LogP contribution in [-0.4, -0.2) is 69.2 Å². The highest BCUT2D eigenvalue weighted by atomic mass is 35.5. The lowest BCUT2D eigenvalue weighted by Gasteiger charge is -2.35. The Balaban J connectivity index is 1.80. The molecule has 2 aromatic rings. The predicted molar refractivity (Wildman–Crippen MR) is 120 cm³/mol. The van der Waals surface area contributed by atoms with Crippen molar-refractivity contribution in [2.75, 3.05) is 53.5 Å². The van der Waals surface area contributed by atoms with Gasteiger partial charge < -0.3 is 19.7 Å². The van der Waals surface area contributed by atoms with Gasteiger partial charge in [0.1, 0.15) is 0 Å². The molecule has 1 unspecified atom stereocenters. The SMILES string of the molecule is CCOc1c(Cl)cc(C(=O)NC(CN2CCN(C)CC2)c2ccccc2)cc1OC. The van der Waals surface area contributed by atoms with Crippen molar-refractivity contribution < 1.29 is 14.3 Å². The number of rotatable bonds is 8. The van der Waals surface area contributed by atoms with E-state index in [0.29, 0.717) is 28.7 Å². The van der Waals surface area contributed by atoms with Gasteiger partial charge >= 0.3 is 0 Å². The van der Waals surface area contributed by atoms with Crippen LogP contribution >= 0.6 is 11.6 Å². The van der Waals surface area contributed by atoms with Gasteiger partial charge in [-0.15, -0.1) is 0 Å². The first-order valence-electron chi connectivity index (χ1n) is 10.3. The summed E-state index contributed by atoms with van der Waals surface area (Å²) in [7, 11) is 3.67. The molecule has 0 bridgehead atoms. The minimum atomic E-state index is -0.193. The summed E-state index contributed by atoms with van der Waals surface area (Å²) in [6.45, 7) is 7.12. The predicted octanol–water partition coefficient (Wildman–Crippen LogP) is 3.47. The second kappa shape index (κ2) is 10.7. The number of hydrogen-bond acceptors (Lipinski definition) is 5. The maximum atomic E-state index is 13.1. The third kappa shape index (κ3) is 5.65. The van der Waals surface area contributed by atoms with E-state index in [1.165, 1.54) is 7.11 Å². The van der Waals surface area contributed by atoms with Crippen molar-refractivity contribution in [3.8, 4) is 11.5 Å². The Kier molecular flexibility index (Phi) is 7.96. The van der Waals surface area contributed by atoms with E-state index in [4.69, 9.17) is 21.1 Å². The van der Waals surface area contributed by atoms with Crippen LogP contribution in [0.5, 0.6) is 11.5 Å². The maximum absolute atomic E-state index is 13.1. The van der Waals surface area contributed by atoms with Crippen LogP contribution in [0.15, 0.2) is 42.5 Å². The van der Waals surface area contributed by atoms with Gasteiger partial charge in [-0.05, 0) is 31.7 Å². The molecule has 30 heavy (non-hydrogen) atoms. The van der Waals surface area contributed by atoms with E-state index in [9.17, 15) is 4.79 Å². The Bertz CT molecular complexity index is 839. The van der Waals surface area contributed by atoms with E-state index in [1.807, 2.05) is 37.3 Å². The fraction of sp³-hybridized carbons (Fsp3) is 0.435. The van der Waals surface area contributed by atoms with Crippen LogP contribution in [0.1, 0.15) is 28.9 Å². The van der Waals surface area contributed by atoms with Gasteiger partial charge in [-0.3, -0.25) is 9.69 Å². The zero-order valence-electron chi connectivity index (χ0n) is 17.9. The summed E-state index contributed by atoms with van der Waals surface area (Å²) in [6, 6.07) is 13.2. The van der Waals surface area contributed by atoms with Crippen LogP contribution in [0, 0.1) is 0 Å². The maximum Gasteiger partial charge on any atom is 0.252 e. The van der Waals surface area contributed by atoms with Crippen LogP contribution in [0.4, 0.5) is 0 Å². The molecule has 6 nitrogen and oxygen atoms in total. The minimum Gasteiger partial charge on any atom is -0.493 e. The van der Waals surface area contributed by atoms with Gasteiger partial charge in [0.2, 0.25) is 0 Å². The lowest BCUT2D eigenvalue weighted by atomic mass is 10.0. The Morgan fingerprint density at radius 3 is 2.50 bits per heavy atom. The lowest BCUT2D eigenvalue weighted by molar-refractivity contribution is 0.0907. The summed E-state index contributed by atoms with van der Waals surface area (Å²) >= 11 is 6.36. The van der Waals surface area contributed by atoms with Crippen LogP contribution in [0.2, 0.25) is 5.02 Å². The van der Waals surface area contributed by atoms with E-state index < -0.39 is 0 Å². The Morgan fingerprint density at radius 1 is 1.17 bits per heavy atom. The highest BCUT2D eigenvalue weighted by Crippen LogP contribution is 2.36. The molecule has 162 valence electrons. The van der Waals surface area contributed by atoms with Crippen molar-refractivity contribution in [3.63, 3.8) is 0 Å². The van der Waals surface area contributed by atoms with Crippen LogP contribution in [0.25, 0.3) is 0 Å². The molecular formula is C23H30ClN3O3. The van der Waals surface area contributed by atoms with Crippen molar-refractivity contribution in [1.29, 1.82) is 0 Å². The quantitative estimate of drug-likeness (QED) is 0.693. The van der Waals surface area contributed by atoms with Gasteiger partial charge in [0.05, 0.1) is 24.8 Å². The average molecular weight is 432 g/mol. The summed E-state index contributed by atoms with van der Waals surface area (Å²) in [5, 5.41) is 3.55. The molecule has 0 aliphatic carbocycles. The van der Waals surface area contributed by atoms with Crippen LogP contribution < -0.4 is 14.8 Å². The van der Waals surface area contributed by atoms with Crippen molar-refractivity contribution in [1.82, 2.24) is 15.1 Å². The van der Waals surface area contributed by atoms with Gasteiger partial charge in [-0.1, -0.05) is 41.9 Å². The zero-order chi connectivity index (χ0) is 21.5. The molecule has 3 rings (SSSR count). The average Bonchev–Trinajstić information content (AvgIpc) is 2.76. The van der Waals surface area contributed by atoms with Gasteiger partial charge in [-0.2, -0.15) is 0 Å². The molecule has 1 amide bonds. The molecular weight excluding hydrogens is 402 g/mol. The number of hydrogen-bond donors (Lipinski definition) is 1. The number of nitrogens with zero attached hydrogens (tertiary/aromatic N) is 2. The minimum absolute atomic E-state index is 0.126. The van der Waals surface area contributed by atoms with E-state index in [2.05, 4.69) is 22.2 Å². The standard InChI is InChI=1S/C23H30ClN3O3/c1-4-30-22-19(24)14-18(15-21(22)29-3)23(28)25-20(17-8-6-5-7-9-17)16-27-12-10-26(2)11-13-27/h5-9,14-15,20H,4,10-13,16H2,1-3H3,(H,25,28). The highest BCUT2D eigenvalue weighted by molar-refractivity contribution is 6.32. The summed E-state index contributed by atoms with van der Waals surface area (Å²) in [5.41, 5.74) is 1.52. The van der Waals surface area contributed by atoms with Crippen molar-refractivity contribution in [2.45, 2.75) is 13.0 Å². The highest BCUT2D eigenvalue weighted by Gasteiger charge is 2.23. The topological polar surface area (TPSA) is 54.0 Å². The molecule has 1 N–H and O–H groups in total. The molecule has 1 atom stereocenters. The summed E-state index contributed by atoms with van der Waals surface area (Å²) in [4.78, 5) is 17.8. The Morgan fingerprint density at radius 2 is 1.87 bits per heavy atom. The Hall–Kier alpha value is -2.28. The zero-order valence-corrected chi connectivity index (χ0v) is 18.6. The van der Waals surface area contributed by atoms with E-state index >= 15 is 0 Å². The van der Waals surface area contributed by atoms with Crippen molar-refractivity contribution >= 4 is 17.5 Å². The van der Waals surface area contributed by atoms with Gasteiger partial charge in [0.25, 0.3) is 5.91 Å². The largest absolute Gasteiger partial charge is 0.493 e. The number of ether oxygens (including phenoxy) is 2. The first-order chi connectivity index (χ1) is 14.5. The number of methoxy groups -OCH3 is 1. The Labute approximate surface area is 183 Å². The van der Waals surface area contributed by atoms with E-state index in [-0.39, 0.29) is 11.9 Å². The molecule has 1 aliphatic heterocycles. The van der Waals surface area contributed by atoms with E-state index in [0.717, 1.165) is 38.3 Å². The number of carbonyl (C=O) groups is 1. The van der Waals surface area contributed by atoms with Gasteiger partial charge in [-0.25, -0.2) is 0 Å². The van der Waals surface area contributed by atoms with Crippen molar-refractivity contribution in [3.05, 3.63) is 58.6 Å². The number of likely N-dealkylation sites (N-methyl/N-ethyl adjacent to an activating group) is 1. The molecule has 0 radical (unpaired) electrons. The van der Waals surface area contributed by atoms with Crippen molar-refractivity contribution in [2.24, 2.45) is 0 Å². The smallest absolute Gasteiger partial charge is 0.252 e. The van der Waals surface area contributed by atoms with Crippen LogP contribution in [-0.2, 0) is 0 Å². The number of benzene rings is 2. The molecule has 1 fully saturated rings. The number of piperazine rings is 1. The van der Waals surface area contributed by atoms with E-state index in [1.54, 1.807) is 12.1 Å². The van der Waals surface area contributed by atoms with Crippen LogP contribution in [0.3, 0.4) is 0 Å². The fourth-order valence-electron chi connectivity index (χ4n) is 3.59. The third-order valence-electron chi connectivity index (χ3n) is 5.32. The monoisotopic (exact) mass is 431 g/mol. The molecule has 0 aromatic heterocycles. The molecule has 0 saturated carbocycles. The molecule has 2 aromatic carbocycles. The first-order valence-corrected chi connectivity index (χ1v) is 10.7.